The largest absolute Gasteiger partial charge is 0.379 e. The zero-order valence-electron chi connectivity index (χ0n) is 5.33. The molecule has 1 radical (unpaired) electrons. The molecule has 9 heavy (non-hydrogen) atoms. The van der Waals surface area contributed by atoms with E-state index < -0.39 is 0 Å². The van der Waals surface area contributed by atoms with E-state index in [-0.39, 0.29) is 6.61 Å². The Labute approximate surface area is 54.5 Å². The lowest BCUT2D eigenvalue weighted by Gasteiger charge is -1.94. The number of rotatable bonds is 4. The van der Waals surface area contributed by atoms with Gasteiger partial charge in [-0.05, 0) is 6.92 Å². The summed E-state index contributed by atoms with van der Waals surface area (Å²) in [7, 11) is 0. The predicted molar refractivity (Wildman–Crippen MR) is 30.0 cm³/mol. The van der Waals surface area contributed by atoms with Crippen LogP contribution in [0.15, 0.2) is 0 Å². The lowest BCUT2D eigenvalue weighted by molar-refractivity contribution is -0.248. The van der Waals surface area contributed by atoms with Crippen LogP contribution in [-0.4, -0.2) is 25.1 Å². The second-order valence-electron chi connectivity index (χ2n) is 1.03. The van der Waals surface area contributed by atoms with Crippen molar-refractivity contribution in [2.75, 3.05) is 19.8 Å². The molecule has 0 bridgehead atoms. The van der Waals surface area contributed by atoms with Gasteiger partial charge in [-0.3, -0.25) is 5.26 Å². The molecular formula is C5H10NO3. The first-order valence-electron chi connectivity index (χ1n) is 2.48. The van der Waals surface area contributed by atoms with Crippen LogP contribution in [-0.2, 0) is 9.62 Å². The van der Waals surface area contributed by atoms with Gasteiger partial charge in [-0.25, -0.2) is 4.89 Å². The van der Waals surface area contributed by atoms with Gasteiger partial charge in [0.1, 0.15) is 6.61 Å². The molecule has 0 aliphatic heterocycles. The Balaban J connectivity index is 0. The standard InChI is InChI=1S/C4H10O3.CN/c1-2-6-3-4-7-5;1-2/h5H,2-4H2,1H3;. The maximum absolute atomic E-state index is 7.71. The minimum Gasteiger partial charge on any atom is -0.379 e. The van der Waals surface area contributed by atoms with E-state index in [1.165, 1.54) is 0 Å². The Morgan fingerprint density at radius 3 is 2.33 bits per heavy atom. The van der Waals surface area contributed by atoms with Crippen LogP contribution in [0, 0.1) is 11.8 Å². The van der Waals surface area contributed by atoms with Crippen molar-refractivity contribution in [3.8, 4) is 0 Å². The van der Waals surface area contributed by atoms with Crippen molar-refractivity contribution in [1.29, 1.82) is 5.26 Å². The molecule has 4 heteroatoms. The molecule has 0 saturated carbocycles. The minimum absolute atomic E-state index is 0.258. The van der Waals surface area contributed by atoms with Gasteiger partial charge in [0.25, 0.3) is 0 Å². The third kappa shape index (κ3) is 18.7. The summed E-state index contributed by atoms with van der Waals surface area (Å²) in [6.45, 7) is 8.03. The van der Waals surface area contributed by atoms with Crippen LogP contribution in [0.4, 0.5) is 0 Å². The van der Waals surface area contributed by atoms with Crippen molar-refractivity contribution in [3.05, 3.63) is 6.57 Å². The van der Waals surface area contributed by atoms with Gasteiger partial charge in [0.15, 0.2) is 6.57 Å². The molecule has 0 aliphatic carbocycles. The van der Waals surface area contributed by atoms with Gasteiger partial charge in [0, 0.05) is 6.61 Å². The Kier molecular flexibility index (Phi) is 19.5. The normalized spacial score (nSPS) is 7.56. The molecule has 0 aromatic heterocycles. The second kappa shape index (κ2) is 15.7. The Hall–Kier alpha value is -0.630. The van der Waals surface area contributed by atoms with Crippen LogP contribution in [0.5, 0.6) is 0 Å². The third-order valence-electron chi connectivity index (χ3n) is 0.523. The highest BCUT2D eigenvalue weighted by Gasteiger charge is 1.79. The number of hydrogen-bond donors (Lipinski definition) is 1. The second-order valence-corrected chi connectivity index (χ2v) is 1.03. The topological polar surface area (TPSA) is 62.5 Å². The summed E-state index contributed by atoms with van der Waals surface area (Å²) in [5.41, 5.74) is 0. The Morgan fingerprint density at radius 1 is 1.44 bits per heavy atom. The highest BCUT2D eigenvalue weighted by molar-refractivity contribution is 4.20. The quantitative estimate of drug-likeness (QED) is 0.346. The highest BCUT2D eigenvalue weighted by Crippen LogP contribution is 1.71. The van der Waals surface area contributed by atoms with E-state index in [1.807, 2.05) is 6.92 Å². The van der Waals surface area contributed by atoms with Crippen LogP contribution in [0.3, 0.4) is 0 Å². The summed E-state index contributed by atoms with van der Waals surface area (Å²) < 4.78 is 4.79. The monoisotopic (exact) mass is 132 g/mol. The fraction of sp³-hybridized carbons (Fsp3) is 0.800. The lowest BCUT2D eigenvalue weighted by Crippen LogP contribution is -2.00. The fourth-order valence-electron chi connectivity index (χ4n) is 0.241. The van der Waals surface area contributed by atoms with Crippen molar-refractivity contribution in [2.45, 2.75) is 6.92 Å². The average Bonchev–Trinajstić information content (AvgIpc) is 1.94. The van der Waals surface area contributed by atoms with Crippen LogP contribution in [0.2, 0.25) is 0 Å². The predicted octanol–water partition coefficient (Wildman–Crippen LogP) is 0.609. The van der Waals surface area contributed by atoms with E-state index in [1.54, 1.807) is 0 Å². The van der Waals surface area contributed by atoms with Crippen molar-refractivity contribution < 1.29 is 14.9 Å². The molecule has 0 heterocycles. The summed E-state index contributed by atoms with van der Waals surface area (Å²) in [5.74, 6) is 0. The Morgan fingerprint density at radius 2 is 2.00 bits per heavy atom. The Bertz CT molecular complexity index is 51.4. The molecule has 0 fully saturated rings. The maximum Gasteiger partial charge on any atom is 0.181 e. The van der Waals surface area contributed by atoms with E-state index >= 15 is 0 Å². The number of hydrogen-bond acceptors (Lipinski definition) is 4. The zero-order valence-corrected chi connectivity index (χ0v) is 5.33. The molecule has 0 aromatic carbocycles. The number of nitrogens with zero attached hydrogens (tertiary/aromatic N) is 1. The van der Waals surface area contributed by atoms with Gasteiger partial charge in [-0.15, -0.1) is 0 Å². The minimum atomic E-state index is 0.258. The van der Waals surface area contributed by atoms with Crippen molar-refractivity contribution in [1.82, 2.24) is 0 Å². The number of ether oxygens (including phenoxy) is 1. The molecule has 0 aromatic rings. The van der Waals surface area contributed by atoms with E-state index in [9.17, 15) is 0 Å². The maximum atomic E-state index is 7.71. The van der Waals surface area contributed by atoms with Crippen molar-refractivity contribution >= 4 is 0 Å². The SMILES string of the molecule is CCOCCOO.[C]#N. The van der Waals surface area contributed by atoms with Gasteiger partial charge in [0.05, 0.1) is 6.61 Å². The molecule has 0 saturated heterocycles. The summed E-state index contributed by atoms with van der Waals surface area (Å²) in [5, 5.41) is 14.0. The molecule has 0 rings (SSSR count). The fourth-order valence-corrected chi connectivity index (χ4v) is 0.241. The smallest absolute Gasteiger partial charge is 0.181 e. The molecule has 53 valence electrons. The molecule has 4 nitrogen and oxygen atoms in total. The molecule has 0 atom stereocenters. The zero-order chi connectivity index (χ0) is 7.54. The molecule has 0 unspecified atom stereocenters. The van der Waals surface area contributed by atoms with E-state index in [0.29, 0.717) is 13.2 Å². The molecule has 1 N–H and O–H groups in total. The molecule has 0 aliphatic rings. The first kappa shape index (κ1) is 11.2. The van der Waals surface area contributed by atoms with Gasteiger partial charge in [-0.2, -0.15) is 5.26 Å². The first-order valence-corrected chi connectivity index (χ1v) is 2.48. The van der Waals surface area contributed by atoms with Gasteiger partial charge in [-0.1, -0.05) is 0 Å². The average molecular weight is 132 g/mol. The van der Waals surface area contributed by atoms with Crippen LogP contribution in [0.25, 0.3) is 0 Å². The van der Waals surface area contributed by atoms with Crippen LogP contribution >= 0.6 is 0 Å². The van der Waals surface area contributed by atoms with Crippen molar-refractivity contribution in [3.63, 3.8) is 0 Å². The molecule has 0 spiro atoms. The van der Waals surface area contributed by atoms with E-state index in [4.69, 9.17) is 21.8 Å². The first-order chi connectivity index (χ1) is 4.41. The summed E-state index contributed by atoms with van der Waals surface area (Å²) in [6.07, 6.45) is 0. The van der Waals surface area contributed by atoms with Gasteiger partial charge in [0.2, 0.25) is 0 Å². The van der Waals surface area contributed by atoms with E-state index in [0.717, 1.165) is 0 Å². The summed E-state index contributed by atoms with van der Waals surface area (Å²) in [4.78, 5) is 3.72. The van der Waals surface area contributed by atoms with Gasteiger partial charge >= 0.3 is 0 Å². The highest BCUT2D eigenvalue weighted by atomic mass is 17.1. The summed E-state index contributed by atoms with van der Waals surface area (Å²) in [6, 6.07) is 0. The summed E-state index contributed by atoms with van der Waals surface area (Å²) >= 11 is 0. The van der Waals surface area contributed by atoms with E-state index in [2.05, 4.69) is 4.89 Å². The third-order valence-corrected chi connectivity index (χ3v) is 0.523. The van der Waals surface area contributed by atoms with Crippen LogP contribution in [0.1, 0.15) is 6.92 Å². The van der Waals surface area contributed by atoms with Gasteiger partial charge < -0.3 is 4.74 Å². The van der Waals surface area contributed by atoms with Crippen LogP contribution < -0.4 is 0 Å². The molecule has 0 amide bonds. The molecular weight excluding hydrogens is 122 g/mol. The van der Waals surface area contributed by atoms with Crippen molar-refractivity contribution in [2.24, 2.45) is 0 Å². The lowest BCUT2D eigenvalue weighted by atomic mass is 10.8.